The van der Waals surface area contributed by atoms with Gasteiger partial charge in [-0.1, -0.05) is 27.2 Å². The Hall–Kier alpha value is -0.0800. The van der Waals surface area contributed by atoms with Crippen molar-refractivity contribution in [1.82, 2.24) is 5.06 Å². The summed E-state index contributed by atoms with van der Waals surface area (Å²) in [5.41, 5.74) is 0. The molecule has 2 heteroatoms. The van der Waals surface area contributed by atoms with Crippen LogP contribution in [0.3, 0.4) is 0 Å². The summed E-state index contributed by atoms with van der Waals surface area (Å²) in [6.07, 6.45) is 4.73. The predicted octanol–water partition coefficient (Wildman–Crippen LogP) is 2.84. The first-order valence-corrected chi connectivity index (χ1v) is 5.23. The van der Waals surface area contributed by atoms with E-state index in [9.17, 15) is 0 Å². The fraction of sp³-hybridized carbons (Fsp3) is 1.00. The van der Waals surface area contributed by atoms with E-state index in [1.807, 2.05) is 0 Å². The molecular weight excluding hydrogens is 150 g/mol. The van der Waals surface area contributed by atoms with E-state index in [1.54, 1.807) is 0 Å². The van der Waals surface area contributed by atoms with Crippen LogP contribution in [0.25, 0.3) is 0 Å². The van der Waals surface area contributed by atoms with Crippen molar-refractivity contribution in [2.45, 2.75) is 46.5 Å². The number of unbranched alkanes of at least 4 members (excludes halogenated alkanes) is 1. The Kier molecular flexibility index (Phi) is 8.95. The van der Waals surface area contributed by atoms with Gasteiger partial charge in [0, 0.05) is 13.1 Å². The van der Waals surface area contributed by atoms with Crippen LogP contribution >= 0.6 is 0 Å². The zero-order chi connectivity index (χ0) is 9.23. The molecule has 0 bridgehead atoms. The van der Waals surface area contributed by atoms with Crippen LogP contribution in [0.5, 0.6) is 0 Å². The van der Waals surface area contributed by atoms with Crippen LogP contribution in [0.1, 0.15) is 46.5 Å². The molecule has 0 aromatic heterocycles. The topological polar surface area (TPSA) is 12.5 Å². The molecular formula is C10H23NO. The van der Waals surface area contributed by atoms with E-state index in [0.29, 0.717) is 0 Å². The standard InChI is InChI=1S/C10H23NO/c1-4-7-10-12-11(8-5-2)9-6-3/h4-10H2,1-3H3. The van der Waals surface area contributed by atoms with Gasteiger partial charge in [0.2, 0.25) is 0 Å². The lowest BCUT2D eigenvalue weighted by Crippen LogP contribution is -2.26. The minimum absolute atomic E-state index is 0.885. The van der Waals surface area contributed by atoms with E-state index in [-0.39, 0.29) is 0 Å². The van der Waals surface area contributed by atoms with Crippen LogP contribution in [0.2, 0.25) is 0 Å². The summed E-state index contributed by atoms with van der Waals surface area (Å²) < 4.78 is 0. The molecule has 0 saturated heterocycles. The number of hydroxylamine groups is 2. The second kappa shape index (κ2) is 9.01. The third-order valence-electron chi connectivity index (χ3n) is 1.72. The SMILES string of the molecule is CCCCON(CCC)CCC. The summed E-state index contributed by atoms with van der Waals surface area (Å²) in [7, 11) is 0. The van der Waals surface area contributed by atoms with Gasteiger partial charge in [-0.25, -0.2) is 0 Å². The highest BCUT2D eigenvalue weighted by atomic mass is 16.7. The molecule has 0 atom stereocenters. The van der Waals surface area contributed by atoms with Gasteiger partial charge in [0.15, 0.2) is 0 Å². The number of rotatable bonds is 8. The van der Waals surface area contributed by atoms with Gasteiger partial charge in [-0.15, -0.1) is 0 Å². The quantitative estimate of drug-likeness (QED) is 0.413. The molecule has 0 unspecified atom stereocenters. The molecule has 0 aromatic carbocycles. The van der Waals surface area contributed by atoms with Crippen molar-refractivity contribution in [3.8, 4) is 0 Å². The lowest BCUT2D eigenvalue weighted by molar-refractivity contribution is -0.159. The summed E-state index contributed by atoms with van der Waals surface area (Å²) in [5, 5.41) is 2.09. The first kappa shape index (κ1) is 11.9. The Morgan fingerprint density at radius 2 is 1.50 bits per heavy atom. The van der Waals surface area contributed by atoms with Crippen LogP contribution in [-0.4, -0.2) is 24.8 Å². The molecule has 0 aromatic rings. The van der Waals surface area contributed by atoms with E-state index in [0.717, 1.165) is 19.7 Å². The molecule has 0 N–H and O–H groups in total. The van der Waals surface area contributed by atoms with Crippen molar-refractivity contribution >= 4 is 0 Å². The maximum absolute atomic E-state index is 5.60. The monoisotopic (exact) mass is 173 g/mol. The minimum Gasteiger partial charge on any atom is -0.299 e. The van der Waals surface area contributed by atoms with E-state index in [2.05, 4.69) is 25.8 Å². The molecule has 74 valence electrons. The summed E-state index contributed by atoms with van der Waals surface area (Å²) >= 11 is 0. The average molecular weight is 173 g/mol. The number of hydrogen-bond donors (Lipinski definition) is 0. The lowest BCUT2D eigenvalue weighted by Gasteiger charge is -2.20. The normalized spacial score (nSPS) is 11.0. The molecule has 0 radical (unpaired) electrons. The molecule has 12 heavy (non-hydrogen) atoms. The van der Waals surface area contributed by atoms with E-state index in [4.69, 9.17) is 4.84 Å². The van der Waals surface area contributed by atoms with Crippen molar-refractivity contribution in [3.63, 3.8) is 0 Å². The largest absolute Gasteiger partial charge is 0.299 e. The highest BCUT2D eigenvalue weighted by molar-refractivity contribution is 4.43. The Morgan fingerprint density at radius 1 is 0.917 bits per heavy atom. The van der Waals surface area contributed by atoms with E-state index >= 15 is 0 Å². The summed E-state index contributed by atoms with van der Waals surface area (Å²) in [6, 6.07) is 0. The fourth-order valence-corrected chi connectivity index (χ4v) is 1.08. The van der Waals surface area contributed by atoms with Crippen LogP contribution < -0.4 is 0 Å². The van der Waals surface area contributed by atoms with Gasteiger partial charge in [-0.3, -0.25) is 4.84 Å². The molecule has 0 aliphatic rings. The lowest BCUT2D eigenvalue weighted by atomic mass is 10.4. The van der Waals surface area contributed by atoms with Crippen LogP contribution in [0.15, 0.2) is 0 Å². The van der Waals surface area contributed by atoms with E-state index < -0.39 is 0 Å². The average Bonchev–Trinajstić information content (AvgIpc) is 2.06. The van der Waals surface area contributed by atoms with Crippen LogP contribution in [0.4, 0.5) is 0 Å². The van der Waals surface area contributed by atoms with Crippen LogP contribution in [-0.2, 0) is 4.84 Å². The summed E-state index contributed by atoms with van der Waals surface area (Å²) in [6.45, 7) is 9.58. The van der Waals surface area contributed by atoms with Crippen molar-refractivity contribution < 1.29 is 4.84 Å². The van der Waals surface area contributed by atoms with Crippen molar-refractivity contribution in [3.05, 3.63) is 0 Å². The molecule has 0 spiro atoms. The summed E-state index contributed by atoms with van der Waals surface area (Å²) in [4.78, 5) is 5.60. The van der Waals surface area contributed by atoms with Crippen molar-refractivity contribution in [2.75, 3.05) is 19.7 Å². The van der Waals surface area contributed by atoms with Gasteiger partial charge < -0.3 is 0 Å². The van der Waals surface area contributed by atoms with Crippen LogP contribution in [0, 0.1) is 0 Å². The van der Waals surface area contributed by atoms with Gasteiger partial charge in [0.05, 0.1) is 6.61 Å². The minimum atomic E-state index is 0.885. The molecule has 0 saturated carbocycles. The molecule has 0 aliphatic heterocycles. The number of hydrogen-bond acceptors (Lipinski definition) is 2. The maximum Gasteiger partial charge on any atom is 0.0685 e. The third-order valence-corrected chi connectivity index (χ3v) is 1.72. The Labute approximate surface area is 76.9 Å². The van der Waals surface area contributed by atoms with Gasteiger partial charge >= 0.3 is 0 Å². The Morgan fingerprint density at radius 3 is 1.92 bits per heavy atom. The summed E-state index contributed by atoms with van der Waals surface area (Å²) in [5.74, 6) is 0. The molecule has 2 nitrogen and oxygen atoms in total. The molecule has 0 heterocycles. The van der Waals surface area contributed by atoms with Gasteiger partial charge in [-0.2, -0.15) is 5.06 Å². The molecule has 0 rings (SSSR count). The Balaban J connectivity index is 3.34. The molecule has 0 amide bonds. The second-order valence-electron chi connectivity index (χ2n) is 3.12. The Bertz CT molecular complexity index is 79.9. The molecule has 0 aliphatic carbocycles. The maximum atomic E-state index is 5.60. The molecule has 0 fully saturated rings. The van der Waals surface area contributed by atoms with Gasteiger partial charge in [0.25, 0.3) is 0 Å². The van der Waals surface area contributed by atoms with Gasteiger partial charge in [-0.05, 0) is 19.3 Å². The first-order valence-electron chi connectivity index (χ1n) is 5.23. The predicted molar refractivity (Wildman–Crippen MR) is 53.0 cm³/mol. The van der Waals surface area contributed by atoms with Crippen molar-refractivity contribution in [1.29, 1.82) is 0 Å². The zero-order valence-corrected chi connectivity index (χ0v) is 8.81. The third kappa shape index (κ3) is 6.62. The fourth-order valence-electron chi connectivity index (χ4n) is 1.08. The van der Waals surface area contributed by atoms with E-state index in [1.165, 1.54) is 25.7 Å². The second-order valence-corrected chi connectivity index (χ2v) is 3.12. The smallest absolute Gasteiger partial charge is 0.0685 e. The zero-order valence-electron chi connectivity index (χ0n) is 8.81. The highest BCUT2D eigenvalue weighted by Gasteiger charge is 2.00. The van der Waals surface area contributed by atoms with Crippen molar-refractivity contribution in [2.24, 2.45) is 0 Å². The number of nitrogens with zero attached hydrogens (tertiary/aromatic N) is 1. The highest BCUT2D eigenvalue weighted by Crippen LogP contribution is 1.97. The first-order chi connectivity index (χ1) is 5.85. The van der Waals surface area contributed by atoms with Gasteiger partial charge in [0.1, 0.15) is 0 Å².